The predicted molar refractivity (Wildman–Crippen MR) is 81.1 cm³/mol. The van der Waals surface area contributed by atoms with E-state index in [1.54, 1.807) is 0 Å². The maximum atomic E-state index is 10.4. The van der Waals surface area contributed by atoms with Crippen LogP contribution in [0.4, 0.5) is 0 Å². The number of hydrogen-bond acceptors (Lipinski definition) is 2. The van der Waals surface area contributed by atoms with E-state index >= 15 is 0 Å². The van der Waals surface area contributed by atoms with Crippen molar-refractivity contribution in [1.29, 1.82) is 0 Å². The van der Waals surface area contributed by atoms with Crippen molar-refractivity contribution in [2.75, 3.05) is 13.6 Å². The molecule has 2 saturated carbocycles. The van der Waals surface area contributed by atoms with Crippen molar-refractivity contribution in [3.05, 3.63) is 0 Å². The van der Waals surface area contributed by atoms with E-state index in [0.717, 1.165) is 24.2 Å². The maximum Gasteiger partial charge on any atom is 0.0695 e. The minimum atomic E-state index is -0.108. The zero-order valence-corrected chi connectivity index (χ0v) is 13.5. The van der Waals surface area contributed by atoms with Crippen molar-refractivity contribution in [3.8, 4) is 0 Å². The molecule has 0 spiro atoms. The molecule has 0 radical (unpaired) electrons. The summed E-state index contributed by atoms with van der Waals surface area (Å²) < 4.78 is 0. The van der Waals surface area contributed by atoms with Gasteiger partial charge >= 0.3 is 0 Å². The van der Waals surface area contributed by atoms with E-state index in [4.69, 9.17) is 0 Å². The molecule has 2 rings (SSSR count). The summed E-state index contributed by atoms with van der Waals surface area (Å²) in [7, 11) is 2.22. The summed E-state index contributed by atoms with van der Waals surface area (Å²) >= 11 is 0. The molecule has 0 aliphatic heterocycles. The van der Waals surface area contributed by atoms with Gasteiger partial charge in [0, 0.05) is 12.6 Å². The molecule has 0 bridgehead atoms. The Morgan fingerprint density at radius 2 is 1.84 bits per heavy atom. The highest BCUT2D eigenvalue weighted by molar-refractivity contribution is 4.93. The first-order valence-corrected chi connectivity index (χ1v) is 8.23. The van der Waals surface area contributed by atoms with E-state index in [9.17, 15) is 5.11 Å². The first-order chi connectivity index (χ1) is 8.85. The molecule has 2 aliphatic rings. The number of aliphatic hydroxyl groups is 1. The molecule has 0 aromatic heterocycles. The topological polar surface area (TPSA) is 23.5 Å². The second-order valence-corrected chi connectivity index (χ2v) is 7.90. The van der Waals surface area contributed by atoms with Gasteiger partial charge in [0.2, 0.25) is 0 Å². The lowest BCUT2D eigenvalue weighted by atomic mass is 9.67. The quantitative estimate of drug-likeness (QED) is 0.823. The molecule has 0 amide bonds. The lowest BCUT2D eigenvalue weighted by Crippen LogP contribution is -2.48. The third kappa shape index (κ3) is 3.52. The van der Waals surface area contributed by atoms with Crippen LogP contribution in [0.2, 0.25) is 0 Å². The van der Waals surface area contributed by atoms with Crippen LogP contribution < -0.4 is 0 Å². The van der Waals surface area contributed by atoms with Gasteiger partial charge in [-0.25, -0.2) is 0 Å². The summed E-state index contributed by atoms with van der Waals surface area (Å²) in [5.74, 6) is 2.56. The van der Waals surface area contributed by atoms with E-state index in [1.807, 2.05) is 0 Å². The van der Waals surface area contributed by atoms with Gasteiger partial charge in [-0.1, -0.05) is 34.1 Å². The van der Waals surface area contributed by atoms with E-state index in [2.05, 4.69) is 39.6 Å². The van der Waals surface area contributed by atoms with Gasteiger partial charge in [-0.05, 0) is 55.9 Å². The molecule has 112 valence electrons. The van der Waals surface area contributed by atoms with Crippen molar-refractivity contribution < 1.29 is 5.11 Å². The summed E-state index contributed by atoms with van der Waals surface area (Å²) in [6.07, 6.45) is 5.89. The predicted octanol–water partition coefficient (Wildman–Crippen LogP) is 3.54. The summed E-state index contributed by atoms with van der Waals surface area (Å²) in [5.41, 5.74) is 0.423. The van der Waals surface area contributed by atoms with Crippen LogP contribution in [0, 0.1) is 23.2 Å². The third-order valence-electron chi connectivity index (χ3n) is 6.16. The standard InChI is InChI=1S/C17H33NO/c1-6-17(3,4)14-7-8-16(19)15(10-14)18(5)11-13-9-12(13)2/h12-16,19H,6-11H2,1-5H3. The molecule has 0 heterocycles. The summed E-state index contributed by atoms with van der Waals surface area (Å²) in [4.78, 5) is 2.46. The van der Waals surface area contributed by atoms with Gasteiger partial charge in [0.1, 0.15) is 0 Å². The lowest BCUT2D eigenvalue weighted by Gasteiger charge is -2.44. The monoisotopic (exact) mass is 267 g/mol. The molecule has 1 N–H and O–H groups in total. The molecular weight excluding hydrogens is 234 g/mol. The second kappa shape index (κ2) is 5.73. The molecule has 2 aliphatic carbocycles. The van der Waals surface area contributed by atoms with Crippen LogP contribution in [0.5, 0.6) is 0 Å². The van der Waals surface area contributed by atoms with Crippen LogP contribution >= 0.6 is 0 Å². The normalized spacial score (nSPS) is 39.6. The number of aliphatic hydroxyl groups excluding tert-OH is 1. The Hall–Kier alpha value is -0.0800. The van der Waals surface area contributed by atoms with Crippen LogP contribution in [0.1, 0.15) is 59.8 Å². The van der Waals surface area contributed by atoms with Crippen molar-refractivity contribution in [1.82, 2.24) is 4.90 Å². The van der Waals surface area contributed by atoms with Gasteiger partial charge in [0.05, 0.1) is 6.10 Å². The van der Waals surface area contributed by atoms with Gasteiger partial charge in [-0.2, -0.15) is 0 Å². The molecule has 0 saturated heterocycles. The largest absolute Gasteiger partial charge is 0.391 e. The molecule has 2 nitrogen and oxygen atoms in total. The minimum Gasteiger partial charge on any atom is -0.391 e. The Kier molecular flexibility index (Phi) is 4.62. The van der Waals surface area contributed by atoms with Gasteiger partial charge in [-0.15, -0.1) is 0 Å². The first-order valence-electron chi connectivity index (χ1n) is 8.23. The lowest BCUT2D eigenvalue weighted by molar-refractivity contribution is -0.0134. The number of likely N-dealkylation sites (N-methyl/N-ethyl adjacent to an activating group) is 1. The Balaban J connectivity index is 1.94. The summed E-state index contributed by atoms with van der Waals surface area (Å²) in [5, 5.41) is 10.4. The molecule has 0 aromatic carbocycles. The van der Waals surface area contributed by atoms with E-state index in [-0.39, 0.29) is 6.10 Å². The van der Waals surface area contributed by atoms with Gasteiger partial charge in [0.25, 0.3) is 0 Å². The van der Waals surface area contributed by atoms with Gasteiger partial charge in [0.15, 0.2) is 0 Å². The minimum absolute atomic E-state index is 0.108. The highest BCUT2D eigenvalue weighted by atomic mass is 16.3. The summed E-state index contributed by atoms with van der Waals surface area (Å²) in [6, 6.07) is 0.386. The Labute approximate surface area is 119 Å². The van der Waals surface area contributed by atoms with E-state index < -0.39 is 0 Å². The SMILES string of the molecule is CCC(C)(C)C1CCC(O)C(N(C)CC2CC2C)C1. The van der Waals surface area contributed by atoms with E-state index in [0.29, 0.717) is 11.5 Å². The van der Waals surface area contributed by atoms with Crippen LogP contribution in [-0.2, 0) is 0 Å². The maximum absolute atomic E-state index is 10.4. The van der Waals surface area contributed by atoms with Crippen molar-refractivity contribution in [2.45, 2.75) is 71.9 Å². The number of hydrogen-bond donors (Lipinski definition) is 1. The Morgan fingerprint density at radius 1 is 1.21 bits per heavy atom. The highest BCUT2D eigenvalue weighted by Crippen LogP contribution is 2.43. The number of nitrogens with zero attached hydrogens (tertiary/aromatic N) is 1. The first kappa shape index (κ1) is 15.3. The van der Waals surface area contributed by atoms with Crippen molar-refractivity contribution in [3.63, 3.8) is 0 Å². The smallest absolute Gasteiger partial charge is 0.0695 e. The summed E-state index contributed by atoms with van der Waals surface area (Å²) in [6.45, 7) is 10.6. The molecular formula is C17H33NO. The fourth-order valence-corrected chi connectivity index (χ4v) is 3.76. The molecule has 19 heavy (non-hydrogen) atoms. The highest BCUT2D eigenvalue weighted by Gasteiger charge is 2.40. The molecule has 5 unspecified atom stereocenters. The molecule has 2 fully saturated rings. The third-order valence-corrected chi connectivity index (χ3v) is 6.16. The second-order valence-electron chi connectivity index (χ2n) is 7.90. The van der Waals surface area contributed by atoms with Crippen LogP contribution in [0.15, 0.2) is 0 Å². The fraction of sp³-hybridized carbons (Fsp3) is 1.00. The molecule has 5 atom stereocenters. The fourth-order valence-electron chi connectivity index (χ4n) is 3.76. The van der Waals surface area contributed by atoms with Crippen LogP contribution in [0.25, 0.3) is 0 Å². The molecule has 2 heteroatoms. The van der Waals surface area contributed by atoms with E-state index in [1.165, 1.54) is 32.2 Å². The zero-order chi connectivity index (χ0) is 14.2. The van der Waals surface area contributed by atoms with Crippen LogP contribution in [-0.4, -0.2) is 35.7 Å². The van der Waals surface area contributed by atoms with Gasteiger partial charge in [-0.3, -0.25) is 0 Å². The van der Waals surface area contributed by atoms with Crippen LogP contribution in [0.3, 0.4) is 0 Å². The molecule has 0 aromatic rings. The number of rotatable bonds is 5. The average molecular weight is 267 g/mol. The van der Waals surface area contributed by atoms with Crippen molar-refractivity contribution >= 4 is 0 Å². The van der Waals surface area contributed by atoms with Gasteiger partial charge < -0.3 is 10.0 Å². The zero-order valence-electron chi connectivity index (χ0n) is 13.5. The Morgan fingerprint density at radius 3 is 2.37 bits per heavy atom. The Bertz CT molecular complexity index is 302. The van der Waals surface area contributed by atoms with Crippen molar-refractivity contribution in [2.24, 2.45) is 23.2 Å². The average Bonchev–Trinajstić information content (AvgIpc) is 3.05.